The molecule has 1 amide bonds. The maximum atomic E-state index is 11.1. The van der Waals surface area contributed by atoms with E-state index in [4.69, 9.17) is 38.0 Å². The molecule has 18 aliphatic rings. The average molecular weight is 1560 g/mol. The molecule has 7 N–H and O–H groups in total. The summed E-state index contributed by atoms with van der Waals surface area (Å²) in [5, 5.41) is 47.2. The molecule has 628 valence electrons. The van der Waals surface area contributed by atoms with E-state index in [-0.39, 0.29) is 34.2 Å². The molecule has 17 nitrogen and oxygen atoms in total. The quantitative estimate of drug-likeness (QED) is 0.0286. The number of Topliss-reactive ketones (excluding diaryl/α,β-unsaturated/α-hetero) is 1. The number of carbonyl (C=O) groups is 6. The highest BCUT2D eigenvalue weighted by Crippen LogP contribution is 2.64. The van der Waals surface area contributed by atoms with Crippen molar-refractivity contribution in [2.75, 3.05) is 26.7 Å². The zero-order valence-corrected chi connectivity index (χ0v) is 71.1. The van der Waals surface area contributed by atoms with Gasteiger partial charge in [0.15, 0.2) is 0 Å². The van der Waals surface area contributed by atoms with Crippen LogP contribution in [-0.4, -0.2) is 95.0 Å². The maximum Gasteiger partial charge on any atom is 0.406 e. The standard InChI is InChI=1S/C12H21NO2.C12H17NO2.C11H17NO.2C11H18O2.C11H20.C10H17NO2.C10H13N.C7H10O/c1-3-12(8-13-11(14)15-2)6-9-4-5-10(9)7-12;1-3-12(10(13-2)11(14)15)6-8-4-5-9(8)7-12;1-2-11(7-12-8-13)5-9-3-4-10(9)6-11;2*1-2-11(7-10(12)13)5-8-3-4-9(8)6-11;1-3-11(4-2)7-9-5-6-10(9)8-11;11-6-10(5-9(12)13)3-7-1-2-8(7)4-10;1-7(6-11)10-4-8-2-3-9(8)5-10;8-7-3-5-1-2-6(5)4-7/h9-10H,3-8H2,1-2H3,(H,13,14);8-10H,3-7H2,1H3,(H,14,15);9-10H,2-7H2,1H3;2*8-9H,2-7H2,1H3,(H,12,13);9-10H,3-8H2,1-2H3;7-8H,1-6,11H2,(H,12,13);8-9H,2-5H2,1H3;5-6H,1-4H2/t9-,10+,12?;8-,9+,10?,12?;9-,10+,11?;2*8-,9+,11?;9-,10+;7-,8+,10?;8-,9+;5-,6+. The molecular formula is C95H151N5O12. The molecule has 18 fully saturated rings. The molecule has 7 unspecified atom stereocenters. The van der Waals surface area contributed by atoms with Crippen LogP contribution in [0, 0.1) is 162 Å². The van der Waals surface area contributed by atoms with Crippen molar-refractivity contribution in [2.24, 2.45) is 155 Å². The Hall–Kier alpha value is -5.12. The number of rotatable bonds is 20. The fourth-order valence-corrected chi connectivity index (χ4v) is 26.7. The number of nitrogens with two attached hydrogens (primary N) is 1. The van der Waals surface area contributed by atoms with Crippen LogP contribution in [0.5, 0.6) is 0 Å². The summed E-state index contributed by atoms with van der Waals surface area (Å²) in [5.74, 6) is 13.9. The second-order valence-corrected chi connectivity index (χ2v) is 41.3. The van der Waals surface area contributed by atoms with Gasteiger partial charge in [-0.15, -0.1) is 0 Å². The Labute approximate surface area is 674 Å². The Balaban J connectivity index is 0.000000134. The number of carbonyl (C=O) groups excluding carboxylic acids is 3. The van der Waals surface area contributed by atoms with Crippen molar-refractivity contribution in [2.45, 2.75) is 357 Å². The number of carboxylic acid groups (broad SMARTS) is 4. The van der Waals surface area contributed by atoms with Crippen molar-refractivity contribution >= 4 is 41.8 Å². The summed E-state index contributed by atoms with van der Waals surface area (Å²) in [7, 11) is 1.42. The molecule has 112 heavy (non-hydrogen) atoms. The number of aliphatic carboxylic acids is 4. The molecule has 17 heteroatoms. The number of hydrogen-bond acceptors (Lipinski definition) is 11. The molecule has 18 saturated carbocycles. The number of hydrogen-bond donors (Lipinski definition) is 6. The van der Waals surface area contributed by atoms with E-state index in [0.29, 0.717) is 47.8 Å². The van der Waals surface area contributed by atoms with Gasteiger partial charge in [-0.25, -0.2) is 25.9 Å². The lowest BCUT2D eigenvalue weighted by molar-refractivity contribution is -0.141. The number of fused-ring (bicyclic) bond motifs is 9. The van der Waals surface area contributed by atoms with Gasteiger partial charge in [0, 0.05) is 25.0 Å². The van der Waals surface area contributed by atoms with Crippen molar-refractivity contribution in [3.63, 3.8) is 0 Å². The highest BCUT2D eigenvalue weighted by atomic mass is 16.5. The van der Waals surface area contributed by atoms with E-state index in [0.717, 1.165) is 177 Å². The molecule has 0 aromatic rings. The molecule has 0 radical (unpaired) electrons. The number of ketones is 1. The van der Waals surface area contributed by atoms with E-state index in [1.54, 1.807) is 31.8 Å². The lowest BCUT2D eigenvalue weighted by Gasteiger charge is -2.29. The summed E-state index contributed by atoms with van der Waals surface area (Å²) < 4.78 is 4.62. The van der Waals surface area contributed by atoms with E-state index < -0.39 is 29.9 Å². The predicted molar refractivity (Wildman–Crippen MR) is 439 cm³/mol. The van der Waals surface area contributed by atoms with Gasteiger partial charge in [0.1, 0.15) is 5.78 Å². The Kier molecular flexibility index (Phi) is 31.0. The molecule has 0 spiro atoms. The van der Waals surface area contributed by atoms with Crippen molar-refractivity contribution in [3.8, 4) is 6.07 Å². The van der Waals surface area contributed by atoms with Gasteiger partial charge in [0.2, 0.25) is 6.08 Å². The molecular weight excluding hydrogens is 1400 g/mol. The fraction of sp³-hybridized carbons (Fsp3) is 0.884. The van der Waals surface area contributed by atoms with Gasteiger partial charge in [-0.1, -0.05) is 66.9 Å². The van der Waals surface area contributed by atoms with Crippen LogP contribution in [-0.2, 0) is 33.5 Å². The third-order valence-electron chi connectivity index (χ3n) is 36.0. The van der Waals surface area contributed by atoms with Gasteiger partial charge in [0.25, 0.3) is 0 Å². The summed E-state index contributed by atoms with van der Waals surface area (Å²) in [4.78, 5) is 82.3. The van der Waals surface area contributed by atoms with Crippen molar-refractivity contribution in [1.82, 2.24) is 5.32 Å². The number of carboxylic acids is 4. The minimum atomic E-state index is -0.923. The number of alkyl carbamates (subject to hydrolysis) is 1. The zero-order chi connectivity index (χ0) is 81.0. The summed E-state index contributed by atoms with van der Waals surface area (Å²) in [6.45, 7) is 26.7. The third kappa shape index (κ3) is 21.0. The number of nitriles is 1. The number of amides is 1. The van der Waals surface area contributed by atoms with E-state index in [1.165, 1.54) is 205 Å². The van der Waals surface area contributed by atoms with Gasteiger partial charge in [-0.2, -0.15) is 5.26 Å². The Bertz CT molecular complexity index is 3090. The monoisotopic (exact) mass is 1550 g/mol. The Morgan fingerprint density at radius 1 is 0.464 bits per heavy atom. The van der Waals surface area contributed by atoms with E-state index in [9.17, 15) is 33.6 Å². The second kappa shape index (κ2) is 39.0. The number of ether oxygens (including phenoxy) is 1. The summed E-state index contributed by atoms with van der Waals surface area (Å²) in [6, 6.07) is 1.44. The van der Waals surface area contributed by atoms with Crippen LogP contribution in [0.3, 0.4) is 0 Å². The van der Waals surface area contributed by atoms with Crippen LogP contribution in [0.1, 0.15) is 351 Å². The first-order valence-corrected chi connectivity index (χ1v) is 45.9. The maximum absolute atomic E-state index is 11.1. The molecule has 0 bridgehead atoms. The normalized spacial score (nSPS) is 41.0. The Morgan fingerprint density at radius 3 is 1.00 bits per heavy atom. The minimum Gasteiger partial charge on any atom is -0.481 e. The average Bonchev–Trinajstić information content (AvgIpc) is 1.61. The predicted octanol–water partition coefficient (Wildman–Crippen LogP) is 21.9. The molecule has 0 heterocycles. The van der Waals surface area contributed by atoms with E-state index in [1.807, 2.05) is 13.8 Å². The Morgan fingerprint density at radius 2 is 0.750 bits per heavy atom. The third-order valence-corrected chi connectivity index (χ3v) is 36.0. The van der Waals surface area contributed by atoms with Crippen LogP contribution in [0.4, 0.5) is 4.79 Å². The number of nitrogens with zero attached hydrogens (tertiary/aromatic N) is 3. The molecule has 0 aromatic heterocycles. The number of methoxy groups -OCH3 is 1. The smallest absolute Gasteiger partial charge is 0.406 e. The van der Waals surface area contributed by atoms with Crippen molar-refractivity contribution in [3.05, 3.63) is 22.6 Å². The SMILES string of the molecule is CC(C#N)=C1C[C@H]2CC[C@H]2C1.CCC1(CC(=O)O)C[C@H]2CC[C@H]2C1.CCC1(CC(=O)O)C[C@H]2CC[C@H]2C1.CCC1(CC)C[C@H]2CC[C@H]2C1.CCC1(CN=C=O)C[C@H]2CC[C@H]2C1.CCC1(CNC(=O)OC)C[C@H]2CC[C@H]2C1.NCC1(CC(=O)O)C[C@H]2CC[C@H]2C1.O=C1C[C@H]2CC[C@H]2C1.[C-]#[N+]C(C(=O)O)C1(CC)C[C@H]2CC[C@H]2C1. The molecule has 0 aliphatic heterocycles. The summed E-state index contributed by atoms with van der Waals surface area (Å²) >= 11 is 0. The highest BCUT2D eigenvalue weighted by molar-refractivity contribution is 5.81. The van der Waals surface area contributed by atoms with Crippen LogP contribution in [0.25, 0.3) is 4.85 Å². The molecule has 0 saturated heterocycles. The molecule has 25 atom stereocenters. The zero-order valence-electron chi connectivity index (χ0n) is 71.1. The second-order valence-electron chi connectivity index (χ2n) is 41.3. The summed E-state index contributed by atoms with van der Waals surface area (Å²) in [5.41, 5.74) is 9.69. The van der Waals surface area contributed by atoms with E-state index >= 15 is 0 Å². The fourth-order valence-electron chi connectivity index (χ4n) is 26.7. The van der Waals surface area contributed by atoms with Crippen LogP contribution < -0.4 is 11.1 Å². The first kappa shape index (κ1) is 89.2. The van der Waals surface area contributed by atoms with Gasteiger partial charge in [0.05, 0.1) is 44.4 Å². The molecule has 18 aliphatic carbocycles. The first-order chi connectivity index (χ1) is 53.5. The molecule has 18 rings (SSSR count). The van der Waals surface area contributed by atoms with Crippen LogP contribution >= 0.6 is 0 Å². The summed E-state index contributed by atoms with van der Waals surface area (Å²) in [6.07, 6.45) is 56.7. The van der Waals surface area contributed by atoms with Gasteiger partial charge < -0.3 is 41.1 Å². The molecule has 0 aromatic carbocycles. The highest BCUT2D eigenvalue weighted by Gasteiger charge is 2.59. The number of nitrogens with one attached hydrogen (secondary N) is 1. The van der Waals surface area contributed by atoms with E-state index in [2.05, 4.69) is 67.5 Å². The first-order valence-electron chi connectivity index (χ1n) is 45.9. The van der Waals surface area contributed by atoms with Gasteiger partial charge >= 0.3 is 36.0 Å². The largest absolute Gasteiger partial charge is 0.481 e. The van der Waals surface area contributed by atoms with Gasteiger partial charge in [-0.05, 0) is 403 Å². The van der Waals surface area contributed by atoms with Crippen molar-refractivity contribution in [1.29, 1.82) is 5.26 Å². The van der Waals surface area contributed by atoms with Gasteiger partial charge in [-0.3, -0.25) is 19.2 Å². The number of allylic oxidation sites excluding steroid dienone is 2. The van der Waals surface area contributed by atoms with Crippen molar-refractivity contribution < 1.29 is 58.7 Å². The lowest BCUT2D eigenvalue weighted by Crippen LogP contribution is -2.36. The number of isocyanates is 1. The van der Waals surface area contributed by atoms with Crippen LogP contribution in [0.15, 0.2) is 16.1 Å². The number of aliphatic imine (C=N–C) groups is 1. The lowest BCUT2D eigenvalue weighted by atomic mass is 9.76. The minimum absolute atomic E-state index is 0.0579. The van der Waals surface area contributed by atoms with Crippen LogP contribution in [0.2, 0.25) is 0 Å². The topological polar surface area (TPSA) is 288 Å².